The Balaban J connectivity index is 1.83. The highest BCUT2D eigenvalue weighted by Crippen LogP contribution is 2.33. The van der Waals surface area contributed by atoms with Gasteiger partial charge in [0.25, 0.3) is 0 Å². The first kappa shape index (κ1) is 10.7. The maximum absolute atomic E-state index is 4.91. The van der Waals surface area contributed by atoms with Crippen LogP contribution in [0.15, 0.2) is 0 Å². The lowest BCUT2D eigenvalue weighted by atomic mass is 10.0. The van der Waals surface area contributed by atoms with Gasteiger partial charge in [0, 0.05) is 29.8 Å². The summed E-state index contributed by atoms with van der Waals surface area (Å²) in [5.41, 5.74) is 1.37. The van der Waals surface area contributed by atoms with Crippen LogP contribution in [-0.4, -0.2) is 31.2 Å². The normalized spacial score (nSPS) is 30.1. The highest BCUT2D eigenvalue weighted by Gasteiger charge is 2.25. The Morgan fingerprint density at radius 1 is 1.12 bits per heavy atom. The molecule has 1 aromatic rings. The molecule has 0 amide bonds. The number of nitrogens with zero attached hydrogens (tertiary/aromatic N) is 1. The van der Waals surface area contributed by atoms with E-state index in [1.165, 1.54) is 28.4 Å². The summed E-state index contributed by atoms with van der Waals surface area (Å²) >= 11 is 1.92. The molecule has 0 spiro atoms. The molecule has 0 radical (unpaired) electrons. The van der Waals surface area contributed by atoms with E-state index in [2.05, 4.69) is 17.6 Å². The van der Waals surface area contributed by atoms with Crippen LogP contribution in [0.25, 0.3) is 0 Å². The lowest BCUT2D eigenvalue weighted by Gasteiger charge is -2.05. The lowest BCUT2D eigenvalue weighted by molar-refractivity contribution is 0.707. The highest BCUT2D eigenvalue weighted by atomic mass is 32.1. The number of nitrogens with one attached hydrogen (secondary N) is 2. The first-order valence-corrected chi connectivity index (χ1v) is 7.05. The molecule has 2 saturated heterocycles. The minimum absolute atomic E-state index is 0.666. The van der Waals surface area contributed by atoms with Crippen molar-refractivity contribution < 1.29 is 0 Å². The van der Waals surface area contributed by atoms with Gasteiger partial charge in [-0.25, -0.2) is 4.98 Å². The Bertz CT molecular complexity index is 362. The fourth-order valence-electron chi connectivity index (χ4n) is 2.74. The van der Waals surface area contributed by atoms with Crippen molar-refractivity contribution in [2.75, 3.05) is 26.2 Å². The molecule has 0 aliphatic carbocycles. The van der Waals surface area contributed by atoms with Crippen molar-refractivity contribution in [2.24, 2.45) is 0 Å². The molecular weight excluding hydrogens is 218 g/mol. The van der Waals surface area contributed by atoms with Crippen molar-refractivity contribution in [3.8, 4) is 0 Å². The lowest BCUT2D eigenvalue weighted by Crippen LogP contribution is -2.09. The Hall–Kier alpha value is -0.450. The number of aromatic nitrogens is 1. The number of hydrogen-bond acceptors (Lipinski definition) is 4. The zero-order valence-electron chi connectivity index (χ0n) is 9.75. The molecule has 16 heavy (non-hydrogen) atoms. The molecule has 0 bridgehead atoms. The second-order valence-electron chi connectivity index (χ2n) is 4.87. The predicted octanol–water partition coefficient (Wildman–Crippen LogP) is 1.61. The number of rotatable bonds is 2. The number of hydrogen-bond donors (Lipinski definition) is 2. The van der Waals surface area contributed by atoms with Crippen LogP contribution in [0.2, 0.25) is 0 Å². The number of thiazole rings is 1. The van der Waals surface area contributed by atoms with Crippen LogP contribution in [0.5, 0.6) is 0 Å². The van der Waals surface area contributed by atoms with Gasteiger partial charge in [0.15, 0.2) is 0 Å². The zero-order chi connectivity index (χ0) is 11.0. The minimum Gasteiger partial charge on any atom is -0.316 e. The maximum atomic E-state index is 4.91. The van der Waals surface area contributed by atoms with Crippen molar-refractivity contribution >= 4 is 11.3 Å². The van der Waals surface area contributed by atoms with Gasteiger partial charge in [0.1, 0.15) is 0 Å². The van der Waals surface area contributed by atoms with Crippen LogP contribution in [0.1, 0.15) is 40.3 Å². The van der Waals surface area contributed by atoms with E-state index in [9.17, 15) is 0 Å². The molecule has 3 rings (SSSR count). The van der Waals surface area contributed by atoms with Gasteiger partial charge in [-0.3, -0.25) is 0 Å². The summed E-state index contributed by atoms with van der Waals surface area (Å²) in [5, 5.41) is 8.22. The Labute approximate surface area is 101 Å². The third-order valence-electron chi connectivity index (χ3n) is 3.71. The van der Waals surface area contributed by atoms with Gasteiger partial charge in [-0.05, 0) is 32.9 Å². The van der Waals surface area contributed by atoms with Gasteiger partial charge >= 0.3 is 0 Å². The van der Waals surface area contributed by atoms with E-state index < -0.39 is 0 Å². The Morgan fingerprint density at radius 2 is 1.81 bits per heavy atom. The van der Waals surface area contributed by atoms with Crippen LogP contribution in [0.3, 0.4) is 0 Å². The fourth-order valence-corrected chi connectivity index (χ4v) is 3.88. The van der Waals surface area contributed by atoms with E-state index >= 15 is 0 Å². The van der Waals surface area contributed by atoms with Gasteiger partial charge in [-0.2, -0.15) is 0 Å². The van der Waals surface area contributed by atoms with Crippen LogP contribution < -0.4 is 10.6 Å². The topological polar surface area (TPSA) is 37.0 Å². The van der Waals surface area contributed by atoms with Crippen LogP contribution >= 0.6 is 11.3 Å². The third-order valence-corrected chi connectivity index (χ3v) is 4.85. The van der Waals surface area contributed by atoms with Crippen LogP contribution in [-0.2, 0) is 0 Å². The van der Waals surface area contributed by atoms with Gasteiger partial charge in [-0.1, -0.05) is 0 Å². The maximum Gasteiger partial charge on any atom is 0.0975 e. The van der Waals surface area contributed by atoms with E-state index in [0.29, 0.717) is 11.8 Å². The monoisotopic (exact) mass is 237 g/mol. The van der Waals surface area contributed by atoms with Crippen LogP contribution in [0, 0.1) is 6.92 Å². The van der Waals surface area contributed by atoms with E-state index in [1.54, 1.807) is 0 Å². The average molecular weight is 237 g/mol. The molecule has 2 atom stereocenters. The molecule has 88 valence electrons. The summed E-state index contributed by atoms with van der Waals surface area (Å²) in [4.78, 5) is 6.35. The van der Waals surface area contributed by atoms with E-state index in [4.69, 9.17) is 4.98 Å². The zero-order valence-corrected chi connectivity index (χ0v) is 10.6. The first-order chi connectivity index (χ1) is 7.84. The first-order valence-electron chi connectivity index (χ1n) is 6.23. The summed E-state index contributed by atoms with van der Waals surface area (Å²) in [7, 11) is 0. The standard InChI is InChI=1S/C12H19N3S/c1-8-11(9-2-4-13-6-9)15-12(16-8)10-3-5-14-7-10/h9-10,13-14H,2-7H2,1H3. The molecule has 3 heterocycles. The fraction of sp³-hybridized carbons (Fsp3) is 0.750. The van der Waals surface area contributed by atoms with Crippen LogP contribution in [0.4, 0.5) is 0 Å². The highest BCUT2D eigenvalue weighted by molar-refractivity contribution is 7.11. The molecule has 2 fully saturated rings. The molecule has 4 heteroatoms. The predicted molar refractivity (Wildman–Crippen MR) is 67.3 cm³/mol. The quantitative estimate of drug-likeness (QED) is 0.820. The summed E-state index contributed by atoms with van der Waals surface area (Å²) in [6, 6.07) is 0. The van der Waals surface area contributed by atoms with Gasteiger partial charge in [-0.15, -0.1) is 11.3 Å². The Kier molecular flexibility index (Phi) is 2.96. The summed E-state index contributed by atoms with van der Waals surface area (Å²) in [6.07, 6.45) is 2.52. The smallest absolute Gasteiger partial charge is 0.0975 e. The van der Waals surface area contributed by atoms with Crippen molar-refractivity contribution in [3.05, 3.63) is 15.6 Å². The summed E-state index contributed by atoms with van der Waals surface area (Å²) in [6.45, 7) is 6.78. The van der Waals surface area contributed by atoms with Gasteiger partial charge < -0.3 is 10.6 Å². The molecule has 0 aromatic carbocycles. The molecule has 2 unspecified atom stereocenters. The molecule has 2 N–H and O–H groups in total. The second-order valence-corrected chi connectivity index (χ2v) is 6.11. The van der Waals surface area contributed by atoms with E-state index in [-0.39, 0.29) is 0 Å². The van der Waals surface area contributed by atoms with Gasteiger partial charge in [0.05, 0.1) is 10.7 Å². The molecule has 1 aromatic heterocycles. The molecule has 2 aliphatic rings. The van der Waals surface area contributed by atoms with E-state index in [1.807, 2.05) is 11.3 Å². The number of aryl methyl sites for hydroxylation is 1. The largest absolute Gasteiger partial charge is 0.316 e. The molecule has 2 aliphatic heterocycles. The van der Waals surface area contributed by atoms with Crippen molar-refractivity contribution in [2.45, 2.75) is 31.6 Å². The molecule has 3 nitrogen and oxygen atoms in total. The van der Waals surface area contributed by atoms with Crippen molar-refractivity contribution in [1.82, 2.24) is 15.6 Å². The second kappa shape index (κ2) is 4.43. The van der Waals surface area contributed by atoms with Crippen molar-refractivity contribution in [3.63, 3.8) is 0 Å². The third kappa shape index (κ3) is 1.90. The average Bonchev–Trinajstić information content (AvgIpc) is 2.97. The summed E-state index contributed by atoms with van der Waals surface area (Å²) < 4.78 is 0. The Morgan fingerprint density at radius 3 is 2.44 bits per heavy atom. The van der Waals surface area contributed by atoms with E-state index in [0.717, 1.165) is 26.2 Å². The minimum atomic E-state index is 0.666. The van der Waals surface area contributed by atoms with Crippen molar-refractivity contribution in [1.29, 1.82) is 0 Å². The molecule has 0 saturated carbocycles. The summed E-state index contributed by atoms with van der Waals surface area (Å²) in [5.74, 6) is 1.34. The molecular formula is C12H19N3S. The van der Waals surface area contributed by atoms with Gasteiger partial charge in [0.2, 0.25) is 0 Å². The SMILES string of the molecule is Cc1sc(C2CCNC2)nc1C1CCNC1.